The van der Waals surface area contributed by atoms with Crippen molar-refractivity contribution in [2.24, 2.45) is 5.41 Å². The molecule has 1 aliphatic carbocycles. The first-order chi connectivity index (χ1) is 8.27. The zero-order chi connectivity index (χ0) is 11.7. The monoisotopic (exact) mass is 250 g/mol. The lowest BCUT2D eigenvalue weighted by Gasteiger charge is -2.39. The van der Waals surface area contributed by atoms with Crippen molar-refractivity contribution in [3.63, 3.8) is 0 Å². The summed E-state index contributed by atoms with van der Waals surface area (Å²) in [6.07, 6.45) is 10.2. The lowest BCUT2D eigenvalue weighted by molar-refractivity contribution is 0.226. The molecule has 1 aromatic rings. The van der Waals surface area contributed by atoms with Gasteiger partial charge < -0.3 is 4.90 Å². The summed E-state index contributed by atoms with van der Waals surface area (Å²) in [4.78, 5) is 6.81. The van der Waals surface area contributed by atoms with E-state index >= 15 is 0 Å². The topological polar surface area (TPSA) is 16.1 Å². The molecule has 3 rings (SSSR count). The average Bonchev–Trinajstić information content (AvgIpc) is 2.80. The van der Waals surface area contributed by atoms with Crippen molar-refractivity contribution in [2.45, 2.75) is 38.5 Å². The summed E-state index contributed by atoms with van der Waals surface area (Å²) < 4.78 is 0. The summed E-state index contributed by atoms with van der Waals surface area (Å²) >= 11 is 5.87. The first-order valence-electron chi connectivity index (χ1n) is 6.64. The largest absolute Gasteiger partial charge is 0.357 e. The summed E-state index contributed by atoms with van der Waals surface area (Å²) in [5, 5.41) is 0.720. The molecular formula is C14H19ClN2. The number of hydrogen-bond donors (Lipinski definition) is 0. The zero-order valence-electron chi connectivity index (χ0n) is 10.2. The van der Waals surface area contributed by atoms with Crippen molar-refractivity contribution < 1.29 is 0 Å². The highest BCUT2D eigenvalue weighted by molar-refractivity contribution is 6.30. The molecular weight excluding hydrogens is 232 g/mol. The lowest BCUT2D eigenvalue weighted by atomic mass is 9.77. The van der Waals surface area contributed by atoms with Crippen molar-refractivity contribution >= 4 is 17.4 Å². The highest BCUT2D eigenvalue weighted by Crippen LogP contribution is 2.46. The Balaban J connectivity index is 1.66. The first kappa shape index (κ1) is 11.3. The van der Waals surface area contributed by atoms with Gasteiger partial charge in [-0.05, 0) is 43.2 Å². The highest BCUT2D eigenvalue weighted by Gasteiger charge is 2.36. The van der Waals surface area contributed by atoms with Crippen molar-refractivity contribution in [2.75, 3.05) is 18.0 Å². The molecule has 17 heavy (non-hydrogen) atoms. The third-order valence-corrected chi connectivity index (χ3v) is 4.75. The number of anilines is 1. The Bertz CT molecular complexity index is 372. The van der Waals surface area contributed by atoms with Crippen LogP contribution in [0.3, 0.4) is 0 Å². The van der Waals surface area contributed by atoms with E-state index in [9.17, 15) is 0 Å². The minimum Gasteiger partial charge on any atom is -0.357 e. The molecule has 2 heterocycles. The van der Waals surface area contributed by atoms with E-state index in [1.807, 2.05) is 12.1 Å². The van der Waals surface area contributed by atoms with Gasteiger partial charge in [-0.15, -0.1) is 0 Å². The van der Waals surface area contributed by atoms with Crippen LogP contribution in [0.1, 0.15) is 38.5 Å². The maximum atomic E-state index is 5.87. The minimum atomic E-state index is 0.683. The summed E-state index contributed by atoms with van der Waals surface area (Å²) in [6.45, 7) is 2.32. The van der Waals surface area contributed by atoms with Crippen LogP contribution >= 0.6 is 11.6 Å². The predicted octanol–water partition coefficient (Wildman–Crippen LogP) is 3.90. The first-order valence-corrected chi connectivity index (χ1v) is 7.02. The van der Waals surface area contributed by atoms with E-state index in [0.29, 0.717) is 5.41 Å². The molecule has 1 aliphatic heterocycles. The Morgan fingerprint density at radius 2 is 1.76 bits per heavy atom. The number of pyridine rings is 1. The maximum Gasteiger partial charge on any atom is 0.128 e. The quantitative estimate of drug-likeness (QED) is 0.752. The van der Waals surface area contributed by atoms with Crippen molar-refractivity contribution in [3.8, 4) is 0 Å². The number of aromatic nitrogens is 1. The minimum absolute atomic E-state index is 0.683. The number of piperidine rings is 1. The fourth-order valence-electron chi connectivity index (χ4n) is 3.39. The molecule has 2 nitrogen and oxygen atoms in total. The third kappa shape index (κ3) is 2.28. The normalized spacial score (nSPS) is 23.2. The molecule has 1 saturated carbocycles. The molecule has 0 radical (unpaired) electrons. The van der Waals surface area contributed by atoms with Gasteiger partial charge in [-0.1, -0.05) is 24.4 Å². The van der Waals surface area contributed by atoms with Crippen LogP contribution in [-0.4, -0.2) is 18.1 Å². The highest BCUT2D eigenvalue weighted by atomic mass is 35.5. The molecule has 0 aromatic carbocycles. The lowest BCUT2D eigenvalue weighted by Crippen LogP contribution is -2.39. The molecule has 0 atom stereocenters. The van der Waals surface area contributed by atoms with Crippen LogP contribution in [0, 0.1) is 5.41 Å². The Morgan fingerprint density at radius 3 is 2.35 bits per heavy atom. The Morgan fingerprint density at radius 1 is 1.06 bits per heavy atom. The number of rotatable bonds is 1. The van der Waals surface area contributed by atoms with Gasteiger partial charge in [0.25, 0.3) is 0 Å². The standard InChI is InChI=1S/C14H19ClN2/c15-12-3-4-13(16-11-12)17-9-7-14(8-10-17)5-1-2-6-14/h3-4,11H,1-2,5-10H2. The van der Waals surface area contributed by atoms with Gasteiger partial charge in [0.05, 0.1) is 5.02 Å². The number of nitrogens with zero attached hydrogens (tertiary/aromatic N) is 2. The van der Waals surface area contributed by atoms with E-state index in [1.165, 1.54) is 38.5 Å². The Kier molecular flexibility index (Phi) is 2.99. The van der Waals surface area contributed by atoms with Crippen LogP contribution in [-0.2, 0) is 0 Å². The summed E-state index contributed by atoms with van der Waals surface area (Å²) in [5.74, 6) is 1.09. The molecule has 0 unspecified atom stereocenters. The van der Waals surface area contributed by atoms with Gasteiger partial charge in [0, 0.05) is 19.3 Å². The number of halogens is 1. The average molecular weight is 251 g/mol. The molecule has 1 saturated heterocycles. The predicted molar refractivity (Wildman–Crippen MR) is 71.6 cm³/mol. The van der Waals surface area contributed by atoms with Crippen LogP contribution in [0.2, 0.25) is 5.02 Å². The zero-order valence-corrected chi connectivity index (χ0v) is 10.9. The molecule has 0 amide bonds. The van der Waals surface area contributed by atoms with Crippen LogP contribution in [0.4, 0.5) is 5.82 Å². The van der Waals surface area contributed by atoms with E-state index in [4.69, 9.17) is 11.6 Å². The molecule has 0 N–H and O–H groups in total. The summed E-state index contributed by atoms with van der Waals surface area (Å²) in [6, 6.07) is 3.97. The van der Waals surface area contributed by atoms with Crippen LogP contribution in [0.5, 0.6) is 0 Å². The molecule has 1 spiro atoms. The van der Waals surface area contributed by atoms with Gasteiger partial charge >= 0.3 is 0 Å². The van der Waals surface area contributed by atoms with Gasteiger partial charge in [-0.25, -0.2) is 4.98 Å². The number of hydrogen-bond acceptors (Lipinski definition) is 2. The molecule has 92 valence electrons. The maximum absolute atomic E-state index is 5.87. The van der Waals surface area contributed by atoms with Crippen LogP contribution in [0.25, 0.3) is 0 Å². The second-order valence-corrected chi connectivity index (χ2v) is 5.97. The fraction of sp³-hybridized carbons (Fsp3) is 0.643. The van der Waals surface area contributed by atoms with Gasteiger partial charge in [0.2, 0.25) is 0 Å². The van der Waals surface area contributed by atoms with Crippen LogP contribution in [0.15, 0.2) is 18.3 Å². The van der Waals surface area contributed by atoms with E-state index in [0.717, 1.165) is 23.9 Å². The molecule has 3 heteroatoms. The fourth-order valence-corrected chi connectivity index (χ4v) is 3.50. The Labute approximate surface area is 108 Å². The van der Waals surface area contributed by atoms with Gasteiger partial charge in [-0.3, -0.25) is 0 Å². The van der Waals surface area contributed by atoms with E-state index in [-0.39, 0.29) is 0 Å². The van der Waals surface area contributed by atoms with E-state index in [2.05, 4.69) is 9.88 Å². The molecule has 0 bridgehead atoms. The van der Waals surface area contributed by atoms with E-state index in [1.54, 1.807) is 6.20 Å². The SMILES string of the molecule is Clc1ccc(N2CCC3(CCCC3)CC2)nc1. The van der Waals surface area contributed by atoms with E-state index < -0.39 is 0 Å². The van der Waals surface area contributed by atoms with Gasteiger partial charge in [0.1, 0.15) is 5.82 Å². The van der Waals surface area contributed by atoms with Crippen LogP contribution < -0.4 is 4.90 Å². The molecule has 2 fully saturated rings. The second-order valence-electron chi connectivity index (χ2n) is 5.53. The van der Waals surface area contributed by atoms with Gasteiger partial charge in [0.15, 0.2) is 0 Å². The van der Waals surface area contributed by atoms with Crippen molar-refractivity contribution in [3.05, 3.63) is 23.4 Å². The molecule has 2 aliphatic rings. The second kappa shape index (κ2) is 4.49. The van der Waals surface area contributed by atoms with Gasteiger partial charge in [-0.2, -0.15) is 0 Å². The van der Waals surface area contributed by atoms with Crippen molar-refractivity contribution in [1.29, 1.82) is 0 Å². The Hall–Kier alpha value is -0.760. The summed E-state index contributed by atoms with van der Waals surface area (Å²) in [5.41, 5.74) is 0.683. The smallest absolute Gasteiger partial charge is 0.128 e. The molecule has 1 aromatic heterocycles. The van der Waals surface area contributed by atoms with Crippen molar-refractivity contribution in [1.82, 2.24) is 4.98 Å². The summed E-state index contributed by atoms with van der Waals surface area (Å²) in [7, 11) is 0. The third-order valence-electron chi connectivity index (χ3n) is 4.52.